The molecule has 1 fully saturated rings. The molecule has 0 unspecified atom stereocenters. The number of nitrogen functional groups attached to an aromatic ring is 1. The SMILES string of the molecule is Cc1cc(C(=N)N)cc(C)c1CNc1cc(OCc2cn3cc(C4CC4)ccc3n2)ncn1.O=CO. The molecule has 36 heavy (non-hydrogen) atoms. The van der Waals surface area contributed by atoms with Crippen LogP contribution in [0.15, 0.2) is 49.1 Å². The summed E-state index contributed by atoms with van der Waals surface area (Å²) in [6, 6.07) is 9.89. The Bertz CT molecular complexity index is 1370. The molecule has 0 radical (unpaired) electrons. The van der Waals surface area contributed by atoms with Crippen molar-refractivity contribution in [2.75, 3.05) is 5.32 Å². The Morgan fingerprint density at radius 2 is 1.94 bits per heavy atom. The Morgan fingerprint density at radius 3 is 2.61 bits per heavy atom. The van der Waals surface area contributed by atoms with Crippen molar-refractivity contribution in [3.05, 3.63) is 82.6 Å². The zero-order chi connectivity index (χ0) is 25.7. The Labute approximate surface area is 208 Å². The quantitative estimate of drug-likeness (QED) is 0.166. The van der Waals surface area contributed by atoms with Crippen LogP contribution >= 0.6 is 0 Å². The summed E-state index contributed by atoms with van der Waals surface area (Å²) in [6.07, 6.45) is 8.23. The minimum absolute atomic E-state index is 0.0762. The van der Waals surface area contributed by atoms with E-state index in [2.05, 4.69) is 43.0 Å². The number of rotatable bonds is 8. The number of carboxylic acid groups (broad SMARTS) is 1. The summed E-state index contributed by atoms with van der Waals surface area (Å²) in [5, 5.41) is 17.9. The molecule has 10 heteroatoms. The topological polar surface area (TPSA) is 152 Å². The summed E-state index contributed by atoms with van der Waals surface area (Å²) in [4.78, 5) is 21.5. The molecule has 0 aliphatic heterocycles. The number of nitrogens with one attached hydrogen (secondary N) is 2. The minimum atomic E-state index is -0.250. The number of carbonyl (C=O) groups is 1. The van der Waals surface area contributed by atoms with Gasteiger partial charge in [-0.05, 0) is 73.1 Å². The van der Waals surface area contributed by atoms with Crippen LogP contribution < -0.4 is 15.8 Å². The van der Waals surface area contributed by atoms with Crippen LogP contribution in [-0.2, 0) is 17.9 Å². The lowest BCUT2D eigenvalue weighted by atomic mass is 9.99. The number of hydrogen-bond acceptors (Lipinski definition) is 7. The van der Waals surface area contributed by atoms with Crippen molar-refractivity contribution in [3.8, 4) is 5.88 Å². The number of ether oxygens (including phenoxy) is 1. The molecule has 4 aromatic rings. The van der Waals surface area contributed by atoms with E-state index >= 15 is 0 Å². The Kier molecular flexibility index (Phi) is 7.43. The van der Waals surface area contributed by atoms with E-state index in [1.165, 1.54) is 24.7 Å². The maximum atomic E-state index is 8.36. The van der Waals surface area contributed by atoms with Gasteiger partial charge < -0.3 is 25.3 Å². The Morgan fingerprint density at radius 1 is 1.22 bits per heavy atom. The van der Waals surface area contributed by atoms with Crippen LogP contribution in [0.1, 0.15) is 52.3 Å². The summed E-state index contributed by atoms with van der Waals surface area (Å²) in [7, 11) is 0. The first-order valence-electron chi connectivity index (χ1n) is 11.6. The van der Waals surface area contributed by atoms with Gasteiger partial charge >= 0.3 is 0 Å². The van der Waals surface area contributed by atoms with Crippen LogP contribution in [-0.4, -0.2) is 36.8 Å². The smallest absolute Gasteiger partial charge is 0.290 e. The molecule has 10 nitrogen and oxygen atoms in total. The van der Waals surface area contributed by atoms with Crippen molar-refractivity contribution in [3.63, 3.8) is 0 Å². The van der Waals surface area contributed by atoms with Gasteiger partial charge in [0.25, 0.3) is 6.47 Å². The number of anilines is 1. The van der Waals surface area contributed by atoms with E-state index in [9.17, 15) is 0 Å². The van der Waals surface area contributed by atoms with E-state index in [-0.39, 0.29) is 12.3 Å². The molecule has 3 aromatic heterocycles. The first-order valence-corrected chi connectivity index (χ1v) is 11.6. The lowest BCUT2D eigenvalue weighted by Crippen LogP contribution is -2.13. The predicted molar refractivity (Wildman–Crippen MR) is 136 cm³/mol. The summed E-state index contributed by atoms with van der Waals surface area (Å²) in [5.41, 5.74) is 12.8. The number of aromatic nitrogens is 4. The first-order chi connectivity index (χ1) is 17.4. The van der Waals surface area contributed by atoms with Crippen LogP contribution in [0.2, 0.25) is 0 Å². The summed E-state index contributed by atoms with van der Waals surface area (Å²) in [6.45, 7) is 4.73. The molecule has 1 aliphatic carbocycles. The minimum Gasteiger partial charge on any atom is -0.483 e. The molecule has 5 rings (SSSR count). The number of benzene rings is 1. The van der Waals surface area contributed by atoms with Gasteiger partial charge in [-0.25, -0.2) is 15.0 Å². The van der Waals surface area contributed by atoms with E-state index < -0.39 is 0 Å². The van der Waals surface area contributed by atoms with Gasteiger partial charge in [0, 0.05) is 30.6 Å². The zero-order valence-corrected chi connectivity index (χ0v) is 20.2. The molecule has 1 saturated carbocycles. The van der Waals surface area contributed by atoms with Crippen molar-refractivity contribution in [1.82, 2.24) is 19.4 Å². The normalized spacial score (nSPS) is 12.5. The Balaban J connectivity index is 0.000000967. The molecule has 3 heterocycles. The van der Waals surface area contributed by atoms with Crippen molar-refractivity contribution < 1.29 is 14.6 Å². The number of aryl methyl sites for hydroxylation is 2. The lowest BCUT2D eigenvalue weighted by molar-refractivity contribution is -0.122. The van der Waals surface area contributed by atoms with E-state index in [1.54, 1.807) is 6.07 Å². The van der Waals surface area contributed by atoms with Crippen LogP contribution in [0.3, 0.4) is 0 Å². The summed E-state index contributed by atoms with van der Waals surface area (Å²) < 4.78 is 7.96. The van der Waals surface area contributed by atoms with Gasteiger partial charge in [-0.15, -0.1) is 0 Å². The van der Waals surface area contributed by atoms with Gasteiger partial charge in [-0.3, -0.25) is 10.2 Å². The standard InChI is InChI=1S/C25H27N7O.CH2O2/c1-15-7-19(25(26)27)8-16(2)21(15)10-28-22-9-24(30-14-29-22)33-13-20-12-32-11-18(17-3-4-17)5-6-23(32)31-20;2-1-3/h5-9,11-12,14,17H,3-4,10,13H2,1-2H3,(H3,26,27)(H,28,29,30);1H,(H,2,3). The van der Waals surface area contributed by atoms with Crippen molar-refractivity contribution in [2.45, 2.75) is 45.8 Å². The summed E-state index contributed by atoms with van der Waals surface area (Å²) >= 11 is 0. The predicted octanol–water partition coefficient (Wildman–Crippen LogP) is 3.79. The highest BCUT2D eigenvalue weighted by Gasteiger charge is 2.23. The maximum absolute atomic E-state index is 8.36. The fourth-order valence-electron chi connectivity index (χ4n) is 4.06. The van der Waals surface area contributed by atoms with Crippen molar-refractivity contribution in [1.29, 1.82) is 5.41 Å². The highest BCUT2D eigenvalue weighted by Crippen LogP contribution is 2.39. The van der Waals surface area contributed by atoms with Gasteiger partial charge in [-0.1, -0.05) is 6.07 Å². The molecule has 1 aromatic carbocycles. The van der Waals surface area contributed by atoms with Gasteiger partial charge in [-0.2, -0.15) is 0 Å². The average molecular weight is 488 g/mol. The van der Waals surface area contributed by atoms with Gasteiger partial charge in [0.15, 0.2) is 0 Å². The van der Waals surface area contributed by atoms with Crippen molar-refractivity contribution in [2.24, 2.45) is 5.73 Å². The fraction of sp³-hybridized carbons (Fsp3) is 0.269. The van der Waals surface area contributed by atoms with Crippen LogP contribution in [0, 0.1) is 19.3 Å². The largest absolute Gasteiger partial charge is 0.483 e. The molecule has 186 valence electrons. The third-order valence-corrected chi connectivity index (χ3v) is 6.04. The number of imidazole rings is 1. The number of nitrogens with two attached hydrogens (primary N) is 1. The second-order valence-electron chi connectivity index (χ2n) is 8.73. The van der Waals surface area contributed by atoms with E-state index in [1.807, 2.05) is 32.2 Å². The number of pyridine rings is 1. The van der Waals surface area contributed by atoms with Crippen LogP contribution in [0.4, 0.5) is 5.82 Å². The monoisotopic (exact) mass is 487 g/mol. The highest BCUT2D eigenvalue weighted by atomic mass is 16.5. The maximum Gasteiger partial charge on any atom is 0.290 e. The van der Waals surface area contributed by atoms with Crippen molar-refractivity contribution >= 4 is 23.8 Å². The average Bonchev–Trinajstić information content (AvgIpc) is 3.62. The summed E-state index contributed by atoms with van der Waals surface area (Å²) in [5.74, 6) is 1.96. The highest BCUT2D eigenvalue weighted by molar-refractivity contribution is 5.95. The molecular formula is C26H29N7O3. The molecule has 0 spiro atoms. The second-order valence-corrected chi connectivity index (χ2v) is 8.73. The zero-order valence-electron chi connectivity index (χ0n) is 20.2. The molecule has 0 saturated heterocycles. The van der Waals surface area contributed by atoms with Gasteiger partial charge in [0.05, 0.1) is 5.69 Å². The molecule has 5 N–H and O–H groups in total. The van der Waals surface area contributed by atoms with E-state index in [0.29, 0.717) is 30.8 Å². The van der Waals surface area contributed by atoms with Crippen LogP contribution in [0.25, 0.3) is 5.65 Å². The molecule has 1 aliphatic rings. The first kappa shape index (κ1) is 24.6. The van der Waals surface area contributed by atoms with Gasteiger partial charge in [0.2, 0.25) is 5.88 Å². The van der Waals surface area contributed by atoms with E-state index in [4.69, 9.17) is 25.8 Å². The number of nitrogens with zero attached hydrogens (tertiary/aromatic N) is 4. The molecular weight excluding hydrogens is 458 g/mol. The third-order valence-electron chi connectivity index (χ3n) is 6.04. The second kappa shape index (κ2) is 10.9. The third kappa shape index (κ3) is 5.96. The molecule has 0 atom stereocenters. The Hall–Kier alpha value is -4.47. The number of fused-ring (bicyclic) bond motifs is 1. The fourth-order valence-corrected chi connectivity index (χ4v) is 4.06. The molecule has 0 amide bonds. The lowest BCUT2D eigenvalue weighted by Gasteiger charge is -2.14. The molecule has 0 bridgehead atoms. The van der Waals surface area contributed by atoms with Crippen LogP contribution in [0.5, 0.6) is 5.88 Å². The number of amidine groups is 1. The van der Waals surface area contributed by atoms with Gasteiger partial charge in [0.1, 0.15) is 30.2 Å². The number of hydrogen-bond donors (Lipinski definition) is 4. The van der Waals surface area contributed by atoms with E-state index in [0.717, 1.165) is 33.6 Å².